The molecule has 2 unspecified atom stereocenters. The molecule has 2 atom stereocenters. The van der Waals surface area contributed by atoms with Crippen molar-refractivity contribution in [3.63, 3.8) is 0 Å². The second-order valence-electron chi connectivity index (χ2n) is 7.85. The van der Waals surface area contributed by atoms with E-state index in [2.05, 4.69) is 16.3 Å². The zero-order chi connectivity index (χ0) is 17.3. The van der Waals surface area contributed by atoms with Crippen molar-refractivity contribution in [2.45, 2.75) is 50.2 Å². The van der Waals surface area contributed by atoms with Crippen LogP contribution in [-0.2, 0) is 6.42 Å². The van der Waals surface area contributed by atoms with Crippen LogP contribution in [0.25, 0.3) is 10.2 Å². The van der Waals surface area contributed by atoms with Gasteiger partial charge in [0, 0.05) is 31.1 Å². The Hall–Kier alpha value is -1.86. The lowest BCUT2D eigenvalue weighted by molar-refractivity contribution is 0.0898. The quantitative estimate of drug-likeness (QED) is 0.883. The molecule has 0 spiro atoms. The number of carbonyl (C=O) groups excluding carboxylic acids is 1. The molecule has 2 aromatic rings. The van der Waals surface area contributed by atoms with E-state index in [0.29, 0.717) is 0 Å². The second kappa shape index (κ2) is 5.57. The maximum absolute atomic E-state index is 12.7. The van der Waals surface area contributed by atoms with Crippen LogP contribution in [0, 0.1) is 0 Å². The Balaban J connectivity index is 1.36. The zero-order valence-corrected chi connectivity index (χ0v) is 15.4. The first kappa shape index (κ1) is 15.2. The lowest BCUT2D eigenvalue weighted by Gasteiger charge is -2.44. The molecule has 136 valence electrons. The second-order valence-corrected chi connectivity index (χ2v) is 8.85. The van der Waals surface area contributed by atoms with Gasteiger partial charge in [-0.2, -0.15) is 0 Å². The summed E-state index contributed by atoms with van der Waals surface area (Å²) in [4.78, 5) is 22.2. The number of hydrogen-bond acceptors (Lipinski definition) is 5. The fraction of sp³-hybridized carbons (Fsp3) is 0.579. The molecule has 26 heavy (non-hydrogen) atoms. The number of rotatable bonds is 2. The van der Waals surface area contributed by atoms with Crippen molar-refractivity contribution in [3.05, 3.63) is 17.7 Å². The van der Waals surface area contributed by atoms with Crippen LogP contribution < -0.4 is 15.0 Å². The number of carbonyl (C=O) groups is 1. The van der Waals surface area contributed by atoms with E-state index in [0.717, 1.165) is 59.7 Å². The van der Waals surface area contributed by atoms with E-state index in [9.17, 15) is 4.79 Å². The summed E-state index contributed by atoms with van der Waals surface area (Å²) in [6.07, 6.45) is 5.92. The van der Waals surface area contributed by atoms with Gasteiger partial charge in [-0.3, -0.25) is 9.80 Å². The standard InChI is InChI=1S/C19H22N4O2S/c24-18-20-13-6-8-22(11-2-1-3-11)10-14(13)23(18)19-21-17-12-7-9-25-15(12)4-5-16(17)26-19/h4-5,11,13-14H,1-3,6-10H2,(H,20,24). The molecule has 1 aromatic heterocycles. The monoisotopic (exact) mass is 370 g/mol. The van der Waals surface area contributed by atoms with E-state index in [1.165, 1.54) is 24.8 Å². The van der Waals surface area contributed by atoms with Gasteiger partial charge in [0.1, 0.15) is 5.75 Å². The molecule has 6 nitrogen and oxygen atoms in total. The third-order valence-corrected chi connectivity index (χ3v) is 7.51. The number of likely N-dealkylation sites (tertiary alicyclic amines) is 1. The molecule has 6 rings (SSSR count). The Morgan fingerprint density at radius 3 is 3.04 bits per heavy atom. The Kier molecular flexibility index (Phi) is 3.26. The van der Waals surface area contributed by atoms with Gasteiger partial charge in [0.2, 0.25) is 0 Å². The predicted molar refractivity (Wildman–Crippen MR) is 101 cm³/mol. The van der Waals surface area contributed by atoms with Crippen LogP contribution in [0.5, 0.6) is 5.75 Å². The summed E-state index contributed by atoms with van der Waals surface area (Å²) in [5.41, 5.74) is 2.21. The lowest BCUT2D eigenvalue weighted by atomic mass is 9.88. The van der Waals surface area contributed by atoms with Gasteiger partial charge in [0.25, 0.3) is 0 Å². The van der Waals surface area contributed by atoms with Crippen LogP contribution in [0.3, 0.4) is 0 Å². The van der Waals surface area contributed by atoms with Gasteiger partial charge in [-0.05, 0) is 31.4 Å². The summed E-state index contributed by atoms with van der Waals surface area (Å²) in [5, 5.41) is 4.03. The third-order valence-electron chi connectivity index (χ3n) is 6.49. The first-order chi connectivity index (χ1) is 12.8. The van der Waals surface area contributed by atoms with Crippen LogP contribution in [0.1, 0.15) is 31.2 Å². The molecule has 4 aliphatic rings. The third kappa shape index (κ3) is 2.13. The smallest absolute Gasteiger partial charge is 0.324 e. The van der Waals surface area contributed by atoms with Crippen LogP contribution in [0.15, 0.2) is 12.1 Å². The number of thiazole rings is 1. The fourth-order valence-corrected chi connectivity index (χ4v) is 5.89. The average Bonchev–Trinajstić information content (AvgIpc) is 3.26. The molecule has 0 radical (unpaired) electrons. The van der Waals surface area contributed by atoms with E-state index >= 15 is 0 Å². The van der Waals surface area contributed by atoms with Crippen molar-refractivity contribution in [1.82, 2.24) is 15.2 Å². The highest BCUT2D eigenvalue weighted by atomic mass is 32.1. The Bertz CT molecular complexity index is 893. The van der Waals surface area contributed by atoms with Crippen LogP contribution >= 0.6 is 11.3 Å². The van der Waals surface area contributed by atoms with Gasteiger partial charge in [0.05, 0.1) is 28.9 Å². The van der Waals surface area contributed by atoms with Crippen molar-refractivity contribution in [2.24, 2.45) is 0 Å². The van der Waals surface area contributed by atoms with Crippen LogP contribution in [0.4, 0.5) is 9.93 Å². The highest BCUT2D eigenvalue weighted by molar-refractivity contribution is 7.22. The van der Waals surface area contributed by atoms with E-state index in [1.807, 2.05) is 11.0 Å². The minimum atomic E-state index is 0.0161. The van der Waals surface area contributed by atoms with Gasteiger partial charge >= 0.3 is 6.03 Å². The van der Waals surface area contributed by atoms with Crippen molar-refractivity contribution in [3.8, 4) is 5.75 Å². The summed E-state index contributed by atoms with van der Waals surface area (Å²) in [6.45, 7) is 2.79. The topological polar surface area (TPSA) is 57.7 Å². The maximum atomic E-state index is 12.7. The first-order valence-corrected chi connectivity index (χ1v) is 10.5. The van der Waals surface area contributed by atoms with Gasteiger partial charge in [-0.15, -0.1) is 0 Å². The number of benzene rings is 1. The number of piperidine rings is 1. The minimum absolute atomic E-state index is 0.0161. The van der Waals surface area contributed by atoms with E-state index in [1.54, 1.807) is 11.3 Å². The van der Waals surface area contributed by atoms with Crippen molar-refractivity contribution in [2.75, 3.05) is 24.6 Å². The number of nitrogens with one attached hydrogen (secondary N) is 1. The molecule has 3 aliphatic heterocycles. The fourth-order valence-electron chi connectivity index (χ4n) is 4.84. The SMILES string of the molecule is O=C1NC2CCN(C3CCC3)CC2N1c1nc2c3c(ccc2s1)OCC3. The van der Waals surface area contributed by atoms with Gasteiger partial charge in [-0.1, -0.05) is 17.8 Å². The number of ether oxygens (including phenoxy) is 1. The molecule has 1 saturated carbocycles. The summed E-state index contributed by atoms with van der Waals surface area (Å²) in [5.74, 6) is 0.951. The number of anilines is 1. The van der Waals surface area contributed by atoms with Gasteiger partial charge in [0.15, 0.2) is 5.13 Å². The Morgan fingerprint density at radius 1 is 1.27 bits per heavy atom. The molecule has 1 N–H and O–H groups in total. The summed E-state index contributed by atoms with van der Waals surface area (Å²) in [6, 6.07) is 5.31. The van der Waals surface area contributed by atoms with Crippen molar-refractivity contribution < 1.29 is 9.53 Å². The average molecular weight is 370 g/mol. The molecular formula is C19H22N4O2S. The molecule has 0 bridgehead atoms. The number of urea groups is 1. The first-order valence-electron chi connectivity index (χ1n) is 9.67. The normalized spacial score (nSPS) is 28.6. The predicted octanol–water partition coefficient (Wildman–Crippen LogP) is 2.76. The molecule has 2 amide bonds. The minimum Gasteiger partial charge on any atom is -0.493 e. The highest BCUT2D eigenvalue weighted by Gasteiger charge is 2.46. The lowest BCUT2D eigenvalue weighted by Crippen LogP contribution is -2.55. The Labute approximate surface area is 156 Å². The van der Waals surface area contributed by atoms with E-state index < -0.39 is 0 Å². The number of nitrogens with zero attached hydrogens (tertiary/aromatic N) is 3. The number of amides is 2. The molecule has 2 saturated heterocycles. The van der Waals surface area contributed by atoms with Crippen LogP contribution in [-0.4, -0.2) is 53.7 Å². The summed E-state index contributed by atoms with van der Waals surface area (Å²) < 4.78 is 6.82. The van der Waals surface area contributed by atoms with E-state index in [4.69, 9.17) is 9.72 Å². The number of hydrogen-bond donors (Lipinski definition) is 1. The van der Waals surface area contributed by atoms with Crippen molar-refractivity contribution in [1.29, 1.82) is 0 Å². The molecule has 7 heteroatoms. The van der Waals surface area contributed by atoms with Crippen molar-refractivity contribution >= 4 is 32.7 Å². The number of fused-ring (bicyclic) bond motifs is 4. The molecule has 3 fully saturated rings. The highest BCUT2D eigenvalue weighted by Crippen LogP contribution is 2.40. The van der Waals surface area contributed by atoms with Gasteiger partial charge in [-0.25, -0.2) is 9.78 Å². The maximum Gasteiger partial charge on any atom is 0.324 e. The largest absolute Gasteiger partial charge is 0.493 e. The molecular weight excluding hydrogens is 348 g/mol. The Morgan fingerprint density at radius 2 is 2.19 bits per heavy atom. The molecule has 1 aliphatic carbocycles. The molecule has 1 aromatic carbocycles. The van der Waals surface area contributed by atoms with Gasteiger partial charge < -0.3 is 10.1 Å². The van der Waals surface area contributed by atoms with Crippen LogP contribution in [0.2, 0.25) is 0 Å². The summed E-state index contributed by atoms with van der Waals surface area (Å²) >= 11 is 1.63. The van der Waals surface area contributed by atoms with E-state index in [-0.39, 0.29) is 18.1 Å². The molecule has 4 heterocycles. The number of aromatic nitrogens is 1. The zero-order valence-electron chi connectivity index (χ0n) is 14.6. The summed E-state index contributed by atoms with van der Waals surface area (Å²) in [7, 11) is 0.